The van der Waals surface area contributed by atoms with E-state index in [-0.39, 0.29) is 35.9 Å². The minimum absolute atomic E-state index is 0.0894. The van der Waals surface area contributed by atoms with Gasteiger partial charge in [0.25, 0.3) is 0 Å². The summed E-state index contributed by atoms with van der Waals surface area (Å²) in [7, 11) is 2.63. The Morgan fingerprint density at radius 1 is 0.867 bits per heavy atom. The number of benzene rings is 3. The lowest BCUT2D eigenvalue weighted by Gasteiger charge is -2.47. The largest absolute Gasteiger partial charge is 0.304 e. The third-order valence-electron chi connectivity index (χ3n) is 5.45. The minimum atomic E-state index is -0.395. The van der Waals surface area contributed by atoms with Crippen molar-refractivity contribution in [1.29, 1.82) is 0 Å². The molecule has 3 nitrogen and oxygen atoms in total. The van der Waals surface area contributed by atoms with Crippen LogP contribution in [0.25, 0.3) is 0 Å². The van der Waals surface area contributed by atoms with E-state index in [0.717, 1.165) is 10.9 Å². The lowest BCUT2D eigenvalue weighted by atomic mass is 9.78. The van der Waals surface area contributed by atoms with Crippen LogP contribution in [-0.2, 0) is 4.79 Å². The first-order chi connectivity index (χ1) is 14.4. The average Bonchev–Trinajstić information content (AvgIpc) is 2.74. The molecule has 0 aliphatic carbocycles. The van der Waals surface area contributed by atoms with Crippen molar-refractivity contribution in [1.82, 2.24) is 0 Å². The van der Waals surface area contributed by atoms with Gasteiger partial charge in [-0.25, -0.2) is 8.78 Å². The Labute approximate surface area is 175 Å². The number of amides is 1. The molecule has 1 saturated heterocycles. The second-order valence-electron chi connectivity index (χ2n) is 7.37. The maximum atomic E-state index is 13.3. The summed E-state index contributed by atoms with van der Waals surface area (Å²) in [6, 6.07) is 18.9. The highest BCUT2D eigenvalue weighted by atomic mass is 31.0. The first-order valence-corrected chi connectivity index (χ1v) is 10.2. The van der Waals surface area contributed by atoms with Crippen LogP contribution in [0.3, 0.4) is 0 Å². The van der Waals surface area contributed by atoms with Crippen molar-refractivity contribution in [3.05, 3.63) is 95.6 Å². The molecule has 3 aromatic carbocycles. The SMILES string of the molecule is O=C(CC[C@H]1C(=O)N(c2ccc(F)cc2)[C@@H]1c1ccc(P)cc1)c1ccc(F)cc1. The molecule has 152 valence electrons. The average molecular weight is 423 g/mol. The number of β-lactam (4-membered cyclic amide) rings is 1. The predicted molar refractivity (Wildman–Crippen MR) is 116 cm³/mol. The maximum absolute atomic E-state index is 13.3. The first-order valence-electron chi connectivity index (χ1n) is 9.67. The molecule has 3 atom stereocenters. The van der Waals surface area contributed by atoms with E-state index < -0.39 is 5.82 Å². The van der Waals surface area contributed by atoms with Gasteiger partial charge in [-0.2, -0.15) is 0 Å². The number of carbonyl (C=O) groups excluding carboxylic acids is 2. The highest BCUT2D eigenvalue weighted by Gasteiger charge is 2.48. The topological polar surface area (TPSA) is 37.4 Å². The van der Waals surface area contributed by atoms with E-state index in [4.69, 9.17) is 0 Å². The Morgan fingerprint density at radius 2 is 1.43 bits per heavy atom. The first kappa shape index (κ1) is 20.4. The van der Waals surface area contributed by atoms with Gasteiger partial charge in [0, 0.05) is 17.7 Å². The molecule has 1 aliphatic heterocycles. The summed E-state index contributed by atoms with van der Waals surface area (Å²) in [5.41, 5.74) is 2.02. The van der Waals surface area contributed by atoms with Gasteiger partial charge in [-0.3, -0.25) is 9.59 Å². The van der Waals surface area contributed by atoms with Gasteiger partial charge in [-0.05, 0) is 65.8 Å². The lowest BCUT2D eigenvalue weighted by molar-refractivity contribution is -0.130. The molecule has 0 radical (unpaired) electrons. The highest BCUT2D eigenvalue weighted by molar-refractivity contribution is 7.27. The van der Waals surface area contributed by atoms with Gasteiger partial charge in [0.15, 0.2) is 5.78 Å². The molecule has 0 spiro atoms. The Kier molecular flexibility index (Phi) is 5.74. The molecule has 1 amide bonds. The van der Waals surface area contributed by atoms with E-state index in [1.54, 1.807) is 17.0 Å². The summed E-state index contributed by atoms with van der Waals surface area (Å²) < 4.78 is 26.4. The number of carbonyl (C=O) groups is 2. The van der Waals surface area contributed by atoms with E-state index >= 15 is 0 Å². The summed E-state index contributed by atoms with van der Waals surface area (Å²) in [5.74, 6) is -1.32. The maximum Gasteiger partial charge on any atom is 0.233 e. The summed E-state index contributed by atoms with van der Waals surface area (Å²) in [6.07, 6.45) is 0.581. The van der Waals surface area contributed by atoms with E-state index in [2.05, 4.69) is 9.24 Å². The van der Waals surface area contributed by atoms with Crippen molar-refractivity contribution in [2.45, 2.75) is 18.9 Å². The van der Waals surface area contributed by atoms with Crippen LogP contribution >= 0.6 is 9.24 Å². The summed E-state index contributed by atoms with van der Waals surface area (Å²) >= 11 is 0. The third kappa shape index (κ3) is 4.03. The smallest absolute Gasteiger partial charge is 0.233 e. The number of halogens is 2. The minimum Gasteiger partial charge on any atom is -0.304 e. The van der Waals surface area contributed by atoms with Gasteiger partial charge in [0.05, 0.1) is 12.0 Å². The van der Waals surface area contributed by atoms with Crippen molar-refractivity contribution in [3.63, 3.8) is 0 Å². The van der Waals surface area contributed by atoms with E-state index in [0.29, 0.717) is 17.7 Å². The van der Waals surface area contributed by atoms with E-state index in [9.17, 15) is 18.4 Å². The quantitative estimate of drug-likeness (QED) is 0.324. The number of anilines is 1. The summed E-state index contributed by atoms with van der Waals surface area (Å²) in [4.78, 5) is 27.1. The molecule has 0 bridgehead atoms. The van der Waals surface area contributed by atoms with Crippen molar-refractivity contribution in [2.24, 2.45) is 5.92 Å². The molecular weight excluding hydrogens is 403 g/mol. The number of ketones is 1. The van der Waals surface area contributed by atoms with Crippen LogP contribution in [0.2, 0.25) is 0 Å². The molecule has 0 aromatic heterocycles. The molecule has 4 rings (SSSR count). The number of Topliss-reactive ketones (excluding diaryl/α,β-unsaturated/α-hetero) is 1. The van der Waals surface area contributed by atoms with Crippen LogP contribution in [0.5, 0.6) is 0 Å². The van der Waals surface area contributed by atoms with Gasteiger partial charge in [0.1, 0.15) is 11.6 Å². The van der Waals surface area contributed by atoms with E-state index in [1.807, 2.05) is 24.3 Å². The van der Waals surface area contributed by atoms with Crippen LogP contribution < -0.4 is 10.2 Å². The monoisotopic (exact) mass is 423 g/mol. The molecule has 1 aliphatic rings. The standard InChI is InChI=1S/C24H20F2NO2P/c25-17-5-1-15(2-6-17)22(28)14-13-21-23(16-3-11-20(30)12-4-16)27(24(21)29)19-9-7-18(26)8-10-19/h1-12,21,23H,13-14,30H2/t21-,23-/m1/s1. The lowest BCUT2D eigenvalue weighted by Crippen LogP contribution is -2.55. The van der Waals surface area contributed by atoms with Crippen molar-refractivity contribution >= 4 is 31.9 Å². The van der Waals surface area contributed by atoms with Gasteiger partial charge in [-0.15, -0.1) is 9.24 Å². The normalized spacial score (nSPS) is 18.2. The van der Waals surface area contributed by atoms with Gasteiger partial charge in [0.2, 0.25) is 5.91 Å². The van der Waals surface area contributed by atoms with E-state index in [1.165, 1.54) is 36.4 Å². The molecule has 1 heterocycles. The zero-order valence-corrected chi connectivity index (χ0v) is 17.2. The van der Waals surface area contributed by atoms with Crippen LogP contribution in [0.15, 0.2) is 72.8 Å². The molecule has 6 heteroatoms. The Hall–Kier alpha value is -2.91. The fourth-order valence-electron chi connectivity index (χ4n) is 3.86. The fourth-order valence-corrected chi connectivity index (χ4v) is 4.05. The number of nitrogens with zero attached hydrogens (tertiary/aromatic N) is 1. The van der Waals surface area contributed by atoms with Crippen molar-refractivity contribution in [3.8, 4) is 0 Å². The number of hydrogen-bond donors (Lipinski definition) is 0. The Bertz CT molecular complexity index is 1070. The Morgan fingerprint density at radius 3 is 2.03 bits per heavy atom. The van der Waals surface area contributed by atoms with Gasteiger partial charge in [-0.1, -0.05) is 24.3 Å². The van der Waals surface area contributed by atoms with Crippen LogP contribution in [0.1, 0.15) is 34.8 Å². The number of rotatable bonds is 6. The highest BCUT2D eigenvalue weighted by Crippen LogP contribution is 2.45. The zero-order chi connectivity index (χ0) is 21.3. The van der Waals surface area contributed by atoms with Crippen molar-refractivity contribution in [2.75, 3.05) is 4.90 Å². The second kappa shape index (κ2) is 8.45. The summed E-state index contributed by atoms with van der Waals surface area (Å²) in [6.45, 7) is 0. The molecule has 1 unspecified atom stereocenters. The molecule has 0 saturated carbocycles. The molecule has 0 N–H and O–H groups in total. The molecule has 30 heavy (non-hydrogen) atoms. The predicted octanol–water partition coefficient (Wildman–Crippen LogP) is 4.83. The second-order valence-corrected chi connectivity index (χ2v) is 8.04. The number of hydrogen-bond acceptors (Lipinski definition) is 2. The zero-order valence-electron chi connectivity index (χ0n) is 16.1. The van der Waals surface area contributed by atoms with Crippen molar-refractivity contribution < 1.29 is 18.4 Å². The third-order valence-corrected chi connectivity index (χ3v) is 5.83. The molecule has 3 aromatic rings. The van der Waals surface area contributed by atoms with Crippen LogP contribution in [0, 0.1) is 17.6 Å². The molecule has 1 fully saturated rings. The molecular formula is C24H20F2NO2P. The van der Waals surface area contributed by atoms with Gasteiger partial charge >= 0.3 is 0 Å². The van der Waals surface area contributed by atoms with Crippen LogP contribution in [0.4, 0.5) is 14.5 Å². The fraction of sp³-hybridized carbons (Fsp3) is 0.167. The summed E-state index contributed by atoms with van der Waals surface area (Å²) in [5, 5.41) is 1.03. The van der Waals surface area contributed by atoms with Crippen LogP contribution in [-0.4, -0.2) is 11.7 Å². The Balaban J connectivity index is 1.55. The van der Waals surface area contributed by atoms with Gasteiger partial charge < -0.3 is 4.90 Å².